The van der Waals surface area contributed by atoms with E-state index in [1.165, 1.54) is 5.56 Å². The number of hydrogen-bond donors (Lipinski definition) is 0. The summed E-state index contributed by atoms with van der Waals surface area (Å²) in [5.41, 5.74) is 3.41. The molecule has 0 atom stereocenters. The van der Waals surface area contributed by atoms with Crippen molar-refractivity contribution < 1.29 is 0 Å². The highest BCUT2D eigenvalue weighted by Gasteiger charge is 1.93. The van der Waals surface area contributed by atoms with E-state index in [-0.39, 0.29) is 0 Å². The van der Waals surface area contributed by atoms with Crippen LogP contribution in [0.4, 0.5) is 0 Å². The van der Waals surface area contributed by atoms with Crippen LogP contribution in [0.25, 0.3) is 12.2 Å². The smallest absolute Gasteiger partial charge is 0.0161 e. The quantitative estimate of drug-likeness (QED) is 0.630. The Morgan fingerprint density at radius 3 is 1.88 bits per heavy atom. The van der Waals surface area contributed by atoms with Gasteiger partial charge in [-0.2, -0.15) is 0 Å². The molecule has 0 aliphatic heterocycles. The normalized spacial score (nSPS) is 8.18. The van der Waals surface area contributed by atoms with Gasteiger partial charge in [-0.3, -0.25) is 0 Å². The molecule has 0 aliphatic carbocycles. The Labute approximate surface area is 106 Å². The van der Waals surface area contributed by atoms with E-state index in [4.69, 9.17) is 0 Å². The van der Waals surface area contributed by atoms with Gasteiger partial charge in [0, 0.05) is 0 Å². The highest BCUT2D eigenvalue weighted by atomic mass is 14.0. The fourth-order valence-corrected chi connectivity index (χ4v) is 1.42. The number of hydrogen-bond acceptors (Lipinski definition) is 0. The molecule has 0 aliphatic rings. The molecule has 17 heavy (non-hydrogen) atoms. The molecule has 0 saturated heterocycles. The predicted molar refractivity (Wildman–Crippen MR) is 80.3 cm³/mol. The van der Waals surface area contributed by atoms with Gasteiger partial charge in [-0.25, -0.2) is 0 Å². The molecular weight excluding hydrogens is 204 g/mol. The van der Waals surface area contributed by atoms with E-state index in [9.17, 15) is 0 Å². The molecule has 0 unspecified atom stereocenters. The molecule has 1 rings (SSSR count). The second-order valence-corrected chi connectivity index (χ2v) is 3.26. The molecule has 0 amide bonds. The van der Waals surface area contributed by atoms with Crippen LogP contribution >= 0.6 is 0 Å². The first kappa shape index (κ1) is 15.2. The Bertz CT molecular complexity index is 412. The first-order chi connectivity index (χ1) is 8.29. The van der Waals surface area contributed by atoms with Crippen LogP contribution in [0.5, 0.6) is 0 Å². The highest BCUT2D eigenvalue weighted by Crippen LogP contribution is 2.13. The Kier molecular flexibility index (Phi) is 8.40. The highest BCUT2D eigenvalue weighted by molar-refractivity contribution is 5.64. The van der Waals surface area contributed by atoms with Crippen molar-refractivity contribution in [2.75, 3.05) is 0 Å². The summed E-state index contributed by atoms with van der Waals surface area (Å²) in [6.45, 7) is 13.7. The van der Waals surface area contributed by atoms with Crippen LogP contribution in [0.1, 0.15) is 30.5 Å². The van der Waals surface area contributed by atoms with Crippen LogP contribution < -0.4 is 0 Å². The molecule has 0 nitrogen and oxygen atoms in total. The number of aryl methyl sites for hydroxylation is 1. The van der Waals surface area contributed by atoms with E-state index in [0.29, 0.717) is 0 Å². The zero-order chi connectivity index (χ0) is 13.1. The fourth-order valence-electron chi connectivity index (χ4n) is 1.42. The Balaban J connectivity index is 0.00000121. The maximum absolute atomic E-state index is 3.84. The van der Waals surface area contributed by atoms with Crippen molar-refractivity contribution >= 4 is 12.2 Å². The van der Waals surface area contributed by atoms with Gasteiger partial charge in [0.1, 0.15) is 0 Å². The van der Waals surface area contributed by atoms with E-state index >= 15 is 0 Å². The van der Waals surface area contributed by atoms with Crippen LogP contribution in [0, 0.1) is 6.92 Å². The van der Waals surface area contributed by atoms with Crippen molar-refractivity contribution in [2.24, 2.45) is 0 Å². The lowest BCUT2D eigenvalue weighted by molar-refractivity contribution is 1.45. The molecule has 0 N–H and O–H groups in total. The summed E-state index contributed by atoms with van der Waals surface area (Å²) in [6, 6.07) is 14.1. The summed E-state index contributed by atoms with van der Waals surface area (Å²) in [5, 5.41) is 0. The molecule has 0 saturated carbocycles. The maximum atomic E-state index is 3.84. The molecule has 0 fully saturated rings. The lowest BCUT2D eigenvalue weighted by atomic mass is 10.1. The van der Waals surface area contributed by atoms with E-state index in [0.717, 1.165) is 11.1 Å². The minimum atomic E-state index is 1.10. The zero-order valence-electron chi connectivity index (χ0n) is 11.1. The third kappa shape index (κ3) is 5.17. The molecule has 1 aromatic rings. The maximum Gasteiger partial charge on any atom is -0.0161 e. The van der Waals surface area contributed by atoms with Gasteiger partial charge in [-0.1, -0.05) is 81.6 Å². The second-order valence-electron chi connectivity index (χ2n) is 3.26. The van der Waals surface area contributed by atoms with Crippen molar-refractivity contribution in [1.82, 2.24) is 0 Å². The summed E-state index contributed by atoms with van der Waals surface area (Å²) >= 11 is 0. The Morgan fingerprint density at radius 1 is 0.824 bits per heavy atom. The third-order valence-electron chi connectivity index (χ3n) is 2.23. The van der Waals surface area contributed by atoms with Gasteiger partial charge in [0.25, 0.3) is 0 Å². The predicted octanol–water partition coefficient (Wildman–Crippen LogP) is 5.43. The minimum Gasteiger partial charge on any atom is -0.0984 e. The Morgan fingerprint density at radius 2 is 1.35 bits per heavy atom. The van der Waals surface area contributed by atoms with Crippen molar-refractivity contribution in [3.8, 4) is 0 Å². The molecule has 0 radical (unpaired) electrons. The standard InChI is InChI=1S/C15H16.C2H6/c1-4-14-12-10-8-6-7-9-11-13(3)15(14)5-2;1-2/h4-12H,1-2H2,3H3;1-2H3. The van der Waals surface area contributed by atoms with E-state index in [2.05, 4.69) is 26.1 Å². The average molecular weight is 226 g/mol. The van der Waals surface area contributed by atoms with E-state index in [1.807, 2.05) is 62.4 Å². The van der Waals surface area contributed by atoms with Gasteiger partial charge in [0.2, 0.25) is 0 Å². The van der Waals surface area contributed by atoms with Crippen LogP contribution in [0.15, 0.2) is 55.6 Å². The van der Waals surface area contributed by atoms with Crippen LogP contribution in [-0.2, 0) is 0 Å². The van der Waals surface area contributed by atoms with Crippen LogP contribution in [0.3, 0.4) is 0 Å². The minimum absolute atomic E-state index is 1.10. The fraction of sp³-hybridized carbons (Fsp3) is 0.176. The second kappa shape index (κ2) is 9.41. The topological polar surface area (TPSA) is 0 Å². The lowest BCUT2D eigenvalue weighted by Crippen LogP contribution is -1.80. The molecule has 0 spiro atoms. The monoisotopic (exact) mass is 226 g/mol. The SMILES string of the molecule is C=Cc1cccccccc(C)c1C=C.CC. The zero-order valence-corrected chi connectivity index (χ0v) is 11.1. The largest absolute Gasteiger partial charge is 0.0984 e. The molecular formula is C17H22. The third-order valence-corrected chi connectivity index (χ3v) is 2.23. The lowest BCUT2D eigenvalue weighted by Gasteiger charge is -2.00. The van der Waals surface area contributed by atoms with E-state index < -0.39 is 0 Å². The molecule has 0 heteroatoms. The summed E-state index contributed by atoms with van der Waals surface area (Å²) in [4.78, 5) is 0. The first-order valence-corrected chi connectivity index (χ1v) is 5.97. The van der Waals surface area contributed by atoms with Crippen molar-refractivity contribution in [2.45, 2.75) is 20.8 Å². The van der Waals surface area contributed by atoms with Crippen molar-refractivity contribution in [3.05, 3.63) is 72.3 Å². The van der Waals surface area contributed by atoms with E-state index in [1.54, 1.807) is 0 Å². The van der Waals surface area contributed by atoms with Gasteiger partial charge < -0.3 is 0 Å². The molecule has 90 valence electrons. The van der Waals surface area contributed by atoms with Gasteiger partial charge in [-0.05, 0) is 23.6 Å². The number of rotatable bonds is 2. The molecule has 0 heterocycles. The summed E-state index contributed by atoms with van der Waals surface area (Å²) in [5.74, 6) is 0. The van der Waals surface area contributed by atoms with Crippen molar-refractivity contribution in [3.63, 3.8) is 0 Å². The van der Waals surface area contributed by atoms with Gasteiger partial charge in [0.05, 0.1) is 0 Å². The van der Waals surface area contributed by atoms with Crippen molar-refractivity contribution in [1.29, 1.82) is 0 Å². The van der Waals surface area contributed by atoms with Gasteiger partial charge >= 0.3 is 0 Å². The van der Waals surface area contributed by atoms with Crippen LogP contribution in [0.2, 0.25) is 0 Å². The first-order valence-electron chi connectivity index (χ1n) is 5.97. The molecule has 0 aromatic heterocycles. The van der Waals surface area contributed by atoms with Gasteiger partial charge in [-0.15, -0.1) is 0 Å². The molecule has 1 aromatic carbocycles. The summed E-state index contributed by atoms with van der Waals surface area (Å²) < 4.78 is 0. The summed E-state index contributed by atoms with van der Waals surface area (Å²) in [7, 11) is 0. The average Bonchev–Trinajstić information content (AvgIpc) is 2.38. The summed E-state index contributed by atoms with van der Waals surface area (Å²) in [6.07, 6.45) is 3.72. The molecule has 0 bridgehead atoms. The Hall–Kier alpha value is -1.82. The van der Waals surface area contributed by atoms with Crippen LogP contribution in [-0.4, -0.2) is 0 Å². The van der Waals surface area contributed by atoms with Gasteiger partial charge in [0.15, 0.2) is 0 Å².